The standard InChI is InChI=1S/C27H30F3N3O4S/c1-4-33(26(34)32-16-20-7-6-12-31-15-20)17-21-14-22(27(28,29)30)9-10-23(21)24-13-19(8-11-25(24)36-3)18-38(35)37-5-2/h6-15H,4-5,16-18H2,1-3H3,(H,32,34). The fourth-order valence-corrected chi connectivity index (χ4v) is 4.65. The summed E-state index contributed by atoms with van der Waals surface area (Å²) in [4.78, 5) is 18.4. The minimum Gasteiger partial charge on any atom is -0.496 e. The van der Waals surface area contributed by atoms with Gasteiger partial charge in [-0.1, -0.05) is 18.2 Å². The van der Waals surface area contributed by atoms with Crippen LogP contribution in [0.3, 0.4) is 0 Å². The monoisotopic (exact) mass is 549 g/mol. The quantitative estimate of drug-likeness (QED) is 0.332. The van der Waals surface area contributed by atoms with Gasteiger partial charge < -0.3 is 15.0 Å². The first-order valence-electron chi connectivity index (χ1n) is 12.0. The second-order valence-electron chi connectivity index (χ2n) is 8.29. The highest BCUT2D eigenvalue weighted by Gasteiger charge is 2.31. The molecule has 0 spiro atoms. The molecular formula is C27H30F3N3O4S. The predicted molar refractivity (Wildman–Crippen MR) is 139 cm³/mol. The van der Waals surface area contributed by atoms with E-state index in [4.69, 9.17) is 8.92 Å². The Morgan fingerprint density at radius 3 is 2.50 bits per heavy atom. The summed E-state index contributed by atoms with van der Waals surface area (Å²) in [5.74, 6) is 0.541. The second kappa shape index (κ2) is 13.4. The molecule has 3 aromatic rings. The van der Waals surface area contributed by atoms with Crippen molar-refractivity contribution in [2.75, 3.05) is 20.3 Å². The van der Waals surface area contributed by atoms with E-state index in [0.29, 0.717) is 28.0 Å². The molecule has 0 fully saturated rings. The lowest BCUT2D eigenvalue weighted by Gasteiger charge is -2.24. The number of carbonyl (C=O) groups excluding carboxylic acids is 1. The summed E-state index contributed by atoms with van der Waals surface area (Å²) >= 11 is -1.56. The number of pyridine rings is 1. The molecule has 1 atom stereocenters. The Balaban J connectivity index is 1.98. The summed E-state index contributed by atoms with van der Waals surface area (Å²) in [6.07, 6.45) is -1.32. The molecule has 38 heavy (non-hydrogen) atoms. The van der Waals surface area contributed by atoms with Crippen LogP contribution in [0, 0.1) is 0 Å². The van der Waals surface area contributed by atoms with E-state index < -0.39 is 28.9 Å². The minimum absolute atomic E-state index is 0.0765. The van der Waals surface area contributed by atoms with Gasteiger partial charge in [-0.3, -0.25) is 9.17 Å². The van der Waals surface area contributed by atoms with Crippen molar-refractivity contribution in [3.05, 3.63) is 83.2 Å². The molecule has 11 heteroatoms. The van der Waals surface area contributed by atoms with E-state index in [9.17, 15) is 22.2 Å². The molecule has 2 aromatic carbocycles. The summed E-state index contributed by atoms with van der Waals surface area (Å²) in [6, 6.07) is 11.7. The van der Waals surface area contributed by atoms with Gasteiger partial charge in [0.2, 0.25) is 0 Å². The zero-order valence-corrected chi connectivity index (χ0v) is 22.2. The van der Waals surface area contributed by atoms with E-state index >= 15 is 0 Å². The number of aromatic nitrogens is 1. The zero-order chi connectivity index (χ0) is 27.7. The van der Waals surface area contributed by atoms with Gasteiger partial charge in [0.15, 0.2) is 11.1 Å². The first-order valence-corrected chi connectivity index (χ1v) is 13.2. The highest BCUT2D eigenvalue weighted by atomic mass is 32.2. The number of rotatable bonds is 11. The maximum Gasteiger partial charge on any atom is 0.416 e. The molecule has 0 bridgehead atoms. The largest absolute Gasteiger partial charge is 0.496 e. The van der Waals surface area contributed by atoms with Crippen molar-refractivity contribution < 1.29 is 31.1 Å². The van der Waals surface area contributed by atoms with E-state index in [1.54, 1.807) is 50.5 Å². The van der Waals surface area contributed by atoms with Crippen LogP contribution >= 0.6 is 0 Å². The van der Waals surface area contributed by atoms with Crippen molar-refractivity contribution in [3.8, 4) is 16.9 Å². The number of methoxy groups -OCH3 is 1. The van der Waals surface area contributed by atoms with E-state index in [1.165, 1.54) is 18.1 Å². The summed E-state index contributed by atoms with van der Waals surface area (Å²) in [5.41, 5.74) is 1.92. The zero-order valence-electron chi connectivity index (χ0n) is 21.4. The Hall–Kier alpha value is -3.44. The smallest absolute Gasteiger partial charge is 0.416 e. The number of hydrogen-bond donors (Lipinski definition) is 1. The highest BCUT2D eigenvalue weighted by Crippen LogP contribution is 2.38. The van der Waals surface area contributed by atoms with E-state index in [1.807, 2.05) is 6.07 Å². The lowest BCUT2D eigenvalue weighted by Crippen LogP contribution is -2.39. The number of nitrogens with one attached hydrogen (secondary N) is 1. The number of halogens is 3. The lowest BCUT2D eigenvalue weighted by molar-refractivity contribution is -0.137. The van der Waals surface area contributed by atoms with E-state index in [2.05, 4.69) is 10.3 Å². The van der Waals surface area contributed by atoms with Crippen molar-refractivity contribution in [3.63, 3.8) is 0 Å². The van der Waals surface area contributed by atoms with E-state index in [0.717, 1.165) is 17.7 Å². The van der Waals surface area contributed by atoms with Gasteiger partial charge in [-0.25, -0.2) is 9.00 Å². The molecule has 1 unspecified atom stereocenters. The molecule has 0 aliphatic heterocycles. The van der Waals surface area contributed by atoms with Crippen LogP contribution in [0.2, 0.25) is 0 Å². The Morgan fingerprint density at radius 1 is 1.08 bits per heavy atom. The Kier molecular flexibility index (Phi) is 10.3. The maximum atomic E-state index is 13.6. The topological polar surface area (TPSA) is 80.8 Å². The molecule has 1 N–H and O–H groups in total. The summed E-state index contributed by atoms with van der Waals surface area (Å²) in [5, 5.41) is 2.79. The molecule has 0 saturated carbocycles. The Bertz CT molecular complexity index is 1260. The number of ether oxygens (including phenoxy) is 1. The normalized spacial score (nSPS) is 12.2. The number of amides is 2. The highest BCUT2D eigenvalue weighted by molar-refractivity contribution is 7.79. The van der Waals surface area contributed by atoms with Crippen LogP contribution in [0.1, 0.15) is 36.1 Å². The second-order valence-corrected chi connectivity index (χ2v) is 9.42. The van der Waals surface area contributed by atoms with Crippen LogP contribution in [0.4, 0.5) is 18.0 Å². The molecule has 7 nitrogen and oxygen atoms in total. The molecule has 0 radical (unpaired) electrons. The van der Waals surface area contributed by atoms with Gasteiger partial charge in [0.1, 0.15) is 5.75 Å². The number of carbonyl (C=O) groups is 1. The number of alkyl halides is 3. The molecule has 1 heterocycles. The van der Waals surface area contributed by atoms with Crippen molar-refractivity contribution in [2.24, 2.45) is 0 Å². The van der Waals surface area contributed by atoms with Crippen LogP contribution in [0.5, 0.6) is 5.75 Å². The Morgan fingerprint density at radius 2 is 1.87 bits per heavy atom. The molecule has 3 rings (SSSR count). The van der Waals surface area contributed by atoms with Gasteiger partial charge >= 0.3 is 12.2 Å². The molecular weight excluding hydrogens is 519 g/mol. The number of benzene rings is 2. The third-order valence-electron chi connectivity index (χ3n) is 5.72. The number of nitrogens with zero attached hydrogens (tertiary/aromatic N) is 2. The molecule has 2 amide bonds. The van der Waals surface area contributed by atoms with Crippen LogP contribution in [0.15, 0.2) is 60.9 Å². The summed E-state index contributed by atoms with van der Waals surface area (Å²) in [6.45, 7) is 4.19. The third kappa shape index (κ3) is 7.78. The van der Waals surface area contributed by atoms with Crippen molar-refractivity contribution >= 4 is 17.1 Å². The van der Waals surface area contributed by atoms with Gasteiger partial charge in [-0.05, 0) is 66.4 Å². The number of hydrogen-bond acceptors (Lipinski definition) is 5. The van der Waals surface area contributed by atoms with Gasteiger partial charge in [0.05, 0.1) is 25.0 Å². The lowest BCUT2D eigenvalue weighted by atomic mass is 9.95. The average molecular weight is 550 g/mol. The summed E-state index contributed by atoms with van der Waals surface area (Å²) < 4.78 is 63.7. The van der Waals surface area contributed by atoms with Crippen LogP contribution < -0.4 is 10.1 Å². The van der Waals surface area contributed by atoms with Crippen molar-refractivity contribution in [1.29, 1.82) is 0 Å². The SMILES string of the molecule is CCOS(=O)Cc1ccc(OC)c(-c2ccc(C(F)(F)F)cc2CN(CC)C(=O)NCc2cccnc2)c1. The molecule has 0 saturated heterocycles. The minimum atomic E-state index is -4.56. The molecule has 0 aliphatic carbocycles. The van der Waals surface area contributed by atoms with Gasteiger partial charge in [-0.2, -0.15) is 13.2 Å². The predicted octanol–water partition coefficient (Wildman–Crippen LogP) is 5.71. The molecule has 1 aromatic heterocycles. The number of urea groups is 1. The Labute approximate surface area is 222 Å². The van der Waals surface area contributed by atoms with Crippen molar-refractivity contribution in [2.45, 2.75) is 38.9 Å². The van der Waals surface area contributed by atoms with Crippen LogP contribution in [-0.4, -0.2) is 40.4 Å². The van der Waals surface area contributed by atoms with Gasteiger partial charge in [-0.15, -0.1) is 0 Å². The van der Waals surface area contributed by atoms with Gasteiger partial charge in [0, 0.05) is 37.6 Å². The maximum absolute atomic E-state index is 13.6. The summed E-state index contributed by atoms with van der Waals surface area (Å²) in [7, 11) is 1.46. The first-order chi connectivity index (χ1) is 18.2. The average Bonchev–Trinajstić information content (AvgIpc) is 2.90. The fourth-order valence-electron chi connectivity index (χ4n) is 3.85. The van der Waals surface area contributed by atoms with E-state index in [-0.39, 0.29) is 32.0 Å². The molecule has 204 valence electrons. The third-order valence-corrected chi connectivity index (χ3v) is 6.78. The first kappa shape index (κ1) is 29.1. The van der Waals surface area contributed by atoms with Crippen molar-refractivity contribution in [1.82, 2.24) is 15.2 Å². The fraction of sp³-hybridized carbons (Fsp3) is 0.333. The van der Waals surface area contributed by atoms with Gasteiger partial charge in [0.25, 0.3) is 0 Å². The molecule has 0 aliphatic rings. The van der Waals surface area contributed by atoms with Crippen LogP contribution in [0.25, 0.3) is 11.1 Å². The van der Waals surface area contributed by atoms with Crippen LogP contribution in [-0.2, 0) is 40.3 Å².